The van der Waals surface area contributed by atoms with E-state index in [9.17, 15) is 9.90 Å². The van der Waals surface area contributed by atoms with Gasteiger partial charge in [-0.1, -0.05) is 0 Å². The first kappa shape index (κ1) is 14.3. The van der Waals surface area contributed by atoms with E-state index in [0.717, 1.165) is 12.0 Å². The zero-order chi connectivity index (χ0) is 13.4. The molecule has 0 radical (unpaired) electrons. The molecule has 0 aliphatic carbocycles. The van der Waals surface area contributed by atoms with E-state index in [2.05, 4.69) is 5.32 Å². The van der Waals surface area contributed by atoms with Crippen molar-refractivity contribution in [3.05, 3.63) is 23.8 Å². The quantitative estimate of drug-likeness (QED) is 0.717. The van der Waals surface area contributed by atoms with Crippen LogP contribution in [-0.2, 0) is 9.53 Å². The highest BCUT2D eigenvalue weighted by molar-refractivity contribution is 5.77. The molecule has 2 N–H and O–H groups in total. The van der Waals surface area contributed by atoms with E-state index in [4.69, 9.17) is 9.47 Å². The van der Waals surface area contributed by atoms with Crippen molar-refractivity contribution in [1.29, 1.82) is 0 Å². The summed E-state index contributed by atoms with van der Waals surface area (Å²) in [5.41, 5.74) is 0.880. The van der Waals surface area contributed by atoms with Crippen LogP contribution in [0.4, 0.5) is 0 Å². The number of carbonyl (C=O) groups is 1. The van der Waals surface area contributed by atoms with E-state index >= 15 is 0 Å². The first-order chi connectivity index (χ1) is 8.61. The number of phenolic OH excluding ortho intramolecular Hbond substituents is 1. The average Bonchev–Trinajstić information content (AvgIpc) is 2.31. The summed E-state index contributed by atoms with van der Waals surface area (Å²) in [6.45, 7) is 2.97. The predicted octanol–water partition coefficient (Wildman–Crippen LogP) is 1.23. The third-order valence-corrected chi connectivity index (χ3v) is 2.25. The Hall–Kier alpha value is -1.75. The molecular formula is C13H19NO4. The Balaban J connectivity index is 2.29. The Morgan fingerprint density at radius 3 is 2.83 bits per heavy atom. The highest BCUT2D eigenvalue weighted by Gasteiger charge is 2.03. The van der Waals surface area contributed by atoms with Gasteiger partial charge in [0.1, 0.15) is 11.5 Å². The molecule has 0 saturated carbocycles. The van der Waals surface area contributed by atoms with Gasteiger partial charge in [-0.25, -0.2) is 0 Å². The summed E-state index contributed by atoms with van der Waals surface area (Å²) in [7, 11) is 1.62. The molecule has 1 aromatic carbocycles. The van der Waals surface area contributed by atoms with Crippen LogP contribution < -0.4 is 10.1 Å². The molecule has 1 rings (SSSR count). The fraction of sp³-hybridized carbons (Fsp3) is 0.462. The van der Waals surface area contributed by atoms with Gasteiger partial charge in [-0.15, -0.1) is 0 Å². The van der Waals surface area contributed by atoms with Gasteiger partial charge in [0.25, 0.3) is 5.91 Å². The highest BCUT2D eigenvalue weighted by Crippen LogP contribution is 2.20. The minimum absolute atomic E-state index is 0.0596. The summed E-state index contributed by atoms with van der Waals surface area (Å²) in [4.78, 5) is 11.4. The van der Waals surface area contributed by atoms with Gasteiger partial charge in [-0.3, -0.25) is 4.79 Å². The minimum atomic E-state index is -0.188. The molecule has 5 heteroatoms. The van der Waals surface area contributed by atoms with Crippen LogP contribution in [-0.4, -0.2) is 37.9 Å². The zero-order valence-corrected chi connectivity index (χ0v) is 10.7. The Kier molecular flexibility index (Phi) is 6.00. The third-order valence-electron chi connectivity index (χ3n) is 2.25. The summed E-state index contributed by atoms with van der Waals surface area (Å²) < 4.78 is 10.2. The maximum absolute atomic E-state index is 11.4. The Bertz CT molecular complexity index is 372. The molecule has 5 nitrogen and oxygen atoms in total. The average molecular weight is 253 g/mol. The first-order valence-electron chi connectivity index (χ1n) is 5.81. The lowest BCUT2D eigenvalue weighted by Crippen LogP contribution is -2.30. The van der Waals surface area contributed by atoms with Gasteiger partial charge < -0.3 is 19.9 Å². The number of aromatic hydroxyl groups is 1. The standard InChI is InChI=1S/C13H19NO4/c1-10-6-11(15)8-12(7-10)18-9-13(16)14-4-3-5-17-2/h6-8,15H,3-5,9H2,1-2H3,(H,14,16). The molecule has 0 unspecified atom stereocenters. The molecule has 18 heavy (non-hydrogen) atoms. The molecule has 0 aliphatic rings. The number of aryl methyl sites for hydroxylation is 1. The van der Waals surface area contributed by atoms with Gasteiger partial charge in [-0.2, -0.15) is 0 Å². The van der Waals surface area contributed by atoms with Crippen molar-refractivity contribution in [2.24, 2.45) is 0 Å². The molecule has 0 saturated heterocycles. The van der Waals surface area contributed by atoms with Crippen molar-refractivity contribution in [3.8, 4) is 11.5 Å². The van der Waals surface area contributed by atoms with E-state index in [1.807, 2.05) is 6.92 Å². The number of phenols is 1. The normalized spacial score (nSPS) is 10.1. The molecule has 0 aliphatic heterocycles. The lowest BCUT2D eigenvalue weighted by Gasteiger charge is -2.08. The molecule has 100 valence electrons. The Morgan fingerprint density at radius 2 is 2.17 bits per heavy atom. The summed E-state index contributed by atoms with van der Waals surface area (Å²) in [6, 6.07) is 4.86. The SMILES string of the molecule is COCCCNC(=O)COc1cc(C)cc(O)c1. The second-order valence-electron chi connectivity index (χ2n) is 3.99. The van der Waals surface area contributed by atoms with Gasteiger partial charge in [0.2, 0.25) is 0 Å². The monoisotopic (exact) mass is 253 g/mol. The van der Waals surface area contributed by atoms with E-state index in [0.29, 0.717) is 18.9 Å². The fourth-order valence-corrected chi connectivity index (χ4v) is 1.46. The number of rotatable bonds is 7. The number of carbonyl (C=O) groups excluding carboxylic acids is 1. The van der Waals surface area contributed by atoms with Crippen molar-refractivity contribution >= 4 is 5.91 Å². The van der Waals surface area contributed by atoms with Crippen LogP contribution in [0.1, 0.15) is 12.0 Å². The number of benzene rings is 1. The van der Waals surface area contributed by atoms with E-state index in [1.54, 1.807) is 19.2 Å². The van der Waals surface area contributed by atoms with Crippen molar-refractivity contribution < 1.29 is 19.4 Å². The van der Waals surface area contributed by atoms with Gasteiger partial charge in [0, 0.05) is 26.3 Å². The van der Waals surface area contributed by atoms with E-state index in [1.165, 1.54) is 6.07 Å². The second-order valence-corrected chi connectivity index (χ2v) is 3.99. The van der Waals surface area contributed by atoms with Crippen LogP contribution in [0.25, 0.3) is 0 Å². The number of hydrogen-bond acceptors (Lipinski definition) is 4. The maximum Gasteiger partial charge on any atom is 0.257 e. The van der Waals surface area contributed by atoms with Crippen LogP contribution >= 0.6 is 0 Å². The second kappa shape index (κ2) is 7.55. The molecular weight excluding hydrogens is 234 g/mol. The summed E-state index contributed by atoms with van der Waals surface area (Å²) >= 11 is 0. The lowest BCUT2D eigenvalue weighted by atomic mass is 10.2. The van der Waals surface area contributed by atoms with Gasteiger partial charge in [0.15, 0.2) is 6.61 Å². The number of ether oxygens (including phenoxy) is 2. The van der Waals surface area contributed by atoms with Gasteiger partial charge in [0.05, 0.1) is 0 Å². The van der Waals surface area contributed by atoms with Crippen molar-refractivity contribution in [2.45, 2.75) is 13.3 Å². The molecule has 0 heterocycles. The predicted molar refractivity (Wildman–Crippen MR) is 67.8 cm³/mol. The fourth-order valence-electron chi connectivity index (χ4n) is 1.46. The summed E-state index contributed by atoms with van der Waals surface area (Å²) in [5, 5.41) is 12.1. The molecule has 0 atom stereocenters. The van der Waals surface area contributed by atoms with E-state index < -0.39 is 0 Å². The Morgan fingerprint density at radius 1 is 1.39 bits per heavy atom. The minimum Gasteiger partial charge on any atom is -0.508 e. The zero-order valence-electron chi connectivity index (χ0n) is 10.7. The molecule has 1 amide bonds. The maximum atomic E-state index is 11.4. The number of nitrogens with one attached hydrogen (secondary N) is 1. The van der Waals surface area contributed by atoms with Gasteiger partial charge >= 0.3 is 0 Å². The van der Waals surface area contributed by atoms with Crippen LogP contribution in [0.2, 0.25) is 0 Å². The summed E-state index contributed by atoms with van der Waals surface area (Å²) in [5.74, 6) is 0.428. The van der Waals surface area contributed by atoms with Crippen LogP contribution in [0.5, 0.6) is 11.5 Å². The van der Waals surface area contributed by atoms with Crippen LogP contribution in [0.3, 0.4) is 0 Å². The third kappa shape index (κ3) is 5.54. The number of amides is 1. The summed E-state index contributed by atoms with van der Waals surface area (Å²) in [6.07, 6.45) is 0.771. The van der Waals surface area contributed by atoms with Crippen molar-refractivity contribution in [3.63, 3.8) is 0 Å². The van der Waals surface area contributed by atoms with Crippen molar-refractivity contribution in [1.82, 2.24) is 5.32 Å². The molecule has 1 aromatic rings. The smallest absolute Gasteiger partial charge is 0.257 e. The highest BCUT2D eigenvalue weighted by atomic mass is 16.5. The number of hydrogen-bond donors (Lipinski definition) is 2. The van der Waals surface area contributed by atoms with Crippen molar-refractivity contribution in [2.75, 3.05) is 26.9 Å². The molecule has 0 aromatic heterocycles. The molecule has 0 fully saturated rings. The topological polar surface area (TPSA) is 67.8 Å². The molecule has 0 bridgehead atoms. The van der Waals surface area contributed by atoms with E-state index in [-0.39, 0.29) is 18.3 Å². The lowest BCUT2D eigenvalue weighted by molar-refractivity contribution is -0.123. The van der Waals surface area contributed by atoms with Crippen LogP contribution in [0.15, 0.2) is 18.2 Å². The van der Waals surface area contributed by atoms with Crippen LogP contribution in [0, 0.1) is 6.92 Å². The number of methoxy groups -OCH3 is 1. The Labute approximate surface area is 107 Å². The largest absolute Gasteiger partial charge is 0.508 e. The molecule has 0 spiro atoms. The van der Waals surface area contributed by atoms with Gasteiger partial charge in [-0.05, 0) is 31.0 Å². The first-order valence-corrected chi connectivity index (χ1v) is 5.81.